The predicted octanol–water partition coefficient (Wildman–Crippen LogP) is 1.01. The molecule has 0 saturated carbocycles. The van der Waals surface area contributed by atoms with Gasteiger partial charge in [0.15, 0.2) is 15.6 Å². The van der Waals surface area contributed by atoms with E-state index in [0.29, 0.717) is 5.56 Å². The number of benzene rings is 1. The monoisotopic (exact) mass is 241 g/mol. The van der Waals surface area contributed by atoms with E-state index in [4.69, 9.17) is 5.73 Å². The third kappa shape index (κ3) is 3.43. The lowest BCUT2D eigenvalue weighted by molar-refractivity contribution is 0.0976. The lowest BCUT2D eigenvalue weighted by atomic mass is 10.1. The summed E-state index contributed by atoms with van der Waals surface area (Å²) in [4.78, 5) is 11.8. The van der Waals surface area contributed by atoms with Gasteiger partial charge in [-0.05, 0) is 19.1 Å². The molecule has 2 N–H and O–H groups in total. The second-order valence-corrected chi connectivity index (χ2v) is 5.92. The van der Waals surface area contributed by atoms with Gasteiger partial charge in [0.1, 0.15) is 0 Å². The first-order valence-corrected chi connectivity index (χ1v) is 6.79. The number of Topliss-reactive ketones (excluding diaryl/α,β-unsaturated/α-hetero) is 1. The Kier molecular flexibility index (Phi) is 3.83. The number of hydrogen-bond donors (Lipinski definition) is 1. The molecule has 4 nitrogen and oxygen atoms in total. The quantitative estimate of drug-likeness (QED) is 0.798. The standard InChI is InChI=1S/C11H15NO3S/c1-8(12)7-11(13)9-3-5-10(6-4-9)16(2,14)15/h3-6,8H,7,12H2,1-2H3. The Hall–Kier alpha value is -1.20. The Morgan fingerprint density at radius 2 is 1.81 bits per heavy atom. The molecule has 1 rings (SSSR count). The van der Waals surface area contributed by atoms with Crippen molar-refractivity contribution in [3.8, 4) is 0 Å². The second kappa shape index (κ2) is 4.76. The molecule has 1 aromatic rings. The van der Waals surface area contributed by atoms with Crippen LogP contribution in [0.2, 0.25) is 0 Å². The van der Waals surface area contributed by atoms with Crippen molar-refractivity contribution in [2.24, 2.45) is 5.73 Å². The minimum atomic E-state index is -3.20. The third-order valence-electron chi connectivity index (χ3n) is 2.11. The Morgan fingerprint density at radius 3 is 2.19 bits per heavy atom. The van der Waals surface area contributed by atoms with Crippen LogP contribution >= 0.6 is 0 Å². The number of rotatable bonds is 4. The molecule has 0 bridgehead atoms. The first-order chi connectivity index (χ1) is 7.30. The van der Waals surface area contributed by atoms with Gasteiger partial charge in [-0.3, -0.25) is 4.79 Å². The summed E-state index contributed by atoms with van der Waals surface area (Å²) in [6.07, 6.45) is 1.39. The lowest BCUT2D eigenvalue weighted by Gasteiger charge is -2.04. The average molecular weight is 241 g/mol. The molecule has 88 valence electrons. The number of ketones is 1. The highest BCUT2D eigenvalue weighted by Crippen LogP contribution is 2.12. The molecule has 0 fully saturated rings. The predicted molar refractivity (Wildman–Crippen MR) is 62.1 cm³/mol. The van der Waals surface area contributed by atoms with Crippen LogP contribution in [0.15, 0.2) is 29.2 Å². The number of sulfone groups is 1. The van der Waals surface area contributed by atoms with E-state index in [9.17, 15) is 13.2 Å². The van der Waals surface area contributed by atoms with Crippen molar-refractivity contribution < 1.29 is 13.2 Å². The smallest absolute Gasteiger partial charge is 0.175 e. The molecule has 0 heterocycles. The fraction of sp³-hybridized carbons (Fsp3) is 0.364. The maximum absolute atomic E-state index is 11.6. The molecule has 1 atom stereocenters. The van der Waals surface area contributed by atoms with Gasteiger partial charge in [0, 0.05) is 24.3 Å². The van der Waals surface area contributed by atoms with Crippen LogP contribution in [-0.2, 0) is 9.84 Å². The largest absolute Gasteiger partial charge is 0.328 e. The Labute approximate surface area is 95.4 Å². The van der Waals surface area contributed by atoms with Gasteiger partial charge in [-0.2, -0.15) is 0 Å². The first-order valence-electron chi connectivity index (χ1n) is 4.89. The van der Waals surface area contributed by atoms with Gasteiger partial charge in [0.25, 0.3) is 0 Å². The van der Waals surface area contributed by atoms with Crippen LogP contribution in [0, 0.1) is 0 Å². The fourth-order valence-electron chi connectivity index (χ4n) is 1.30. The van der Waals surface area contributed by atoms with Crippen molar-refractivity contribution in [1.82, 2.24) is 0 Å². The van der Waals surface area contributed by atoms with Crippen LogP contribution in [0.4, 0.5) is 0 Å². The molecule has 0 radical (unpaired) electrons. The van der Waals surface area contributed by atoms with E-state index in [1.54, 1.807) is 6.92 Å². The second-order valence-electron chi connectivity index (χ2n) is 3.90. The molecule has 0 aliphatic heterocycles. The minimum Gasteiger partial charge on any atom is -0.328 e. The van der Waals surface area contributed by atoms with Gasteiger partial charge >= 0.3 is 0 Å². The summed E-state index contributed by atoms with van der Waals surface area (Å²) >= 11 is 0. The van der Waals surface area contributed by atoms with E-state index in [0.717, 1.165) is 6.26 Å². The minimum absolute atomic E-state index is 0.0740. The Bertz CT molecular complexity index is 474. The van der Waals surface area contributed by atoms with Gasteiger partial charge in [-0.25, -0.2) is 8.42 Å². The summed E-state index contributed by atoms with van der Waals surface area (Å²) in [6, 6.07) is 5.71. The van der Waals surface area contributed by atoms with Crippen LogP contribution in [0.25, 0.3) is 0 Å². The highest BCUT2D eigenvalue weighted by Gasteiger charge is 2.11. The topological polar surface area (TPSA) is 77.2 Å². The van der Waals surface area contributed by atoms with E-state index in [1.165, 1.54) is 24.3 Å². The normalized spacial score (nSPS) is 13.4. The molecule has 0 amide bonds. The number of carbonyl (C=O) groups is 1. The van der Waals surface area contributed by atoms with Crippen LogP contribution in [0.5, 0.6) is 0 Å². The maximum Gasteiger partial charge on any atom is 0.175 e. The first kappa shape index (κ1) is 12.9. The van der Waals surface area contributed by atoms with Gasteiger partial charge in [0.2, 0.25) is 0 Å². The molecule has 0 saturated heterocycles. The van der Waals surface area contributed by atoms with Crippen molar-refractivity contribution in [1.29, 1.82) is 0 Å². The molecule has 0 spiro atoms. The molecule has 0 aliphatic rings. The van der Waals surface area contributed by atoms with E-state index in [-0.39, 0.29) is 23.1 Å². The van der Waals surface area contributed by atoms with Crippen LogP contribution in [0.3, 0.4) is 0 Å². The number of nitrogens with two attached hydrogens (primary N) is 1. The van der Waals surface area contributed by atoms with Gasteiger partial charge in [0.05, 0.1) is 4.90 Å². The van der Waals surface area contributed by atoms with Crippen LogP contribution in [0.1, 0.15) is 23.7 Å². The zero-order valence-corrected chi connectivity index (χ0v) is 10.1. The Balaban J connectivity index is 2.92. The fourth-order valence-corrected chi connectivity index (χ4v) is 1.93. The summed E-state index contributed by atoms with van der Waals surface area (Å²) in [6.45, 7) is 1.75. The number of hydrogen-bond acceptors (Lipinski definition) is 4. The molecular weight excluding hydrogens is 226 g/mol. The summed E-state index contributed by atoms with van der Waals surface area (Å²) in [5.41, 5.74) is 6.00. The summed E-state index contributed by atoms with van der Waals surface area (Å²) in [5.74, 6) is -0.0740. The van der Waals surface area contributed by atoms with Gasteiger partial charge < -0.3 is 5.73 Å². The maximum atomic E-state index is 11.6. The molecule has 1 unspecified atom stereocenters. The van der Waals surface area contributed by atoms with Crippen molar-refractivity contribution >= 4 is 15.6 Å². The molecule has 5 heteroatoms. The Morgan fingerprint density at radius 1 is 1.31 bits per heavy atom. The van der Waals surface area contributed by atoms with Crippen molar-refractivity contribution in [2.45, 2.75) is 24.3 Å². The highest BCUT2D eigenvalue weighted by atomic mass is 32.2. The summed E-state index contributed by atoms with van der Waals surface area (Å²) in [7, 11) is -3.20. The van der Waals surface area contributed by atoms with E-state index in [1.807, 2.05) is 0 Å². The van der Waals surface area contributed by atoms with E-state index >= 15 is 0 Å². The zero-order valence-electron chi connectivity index (χ0n) is 9.30. The molecular formula is C11H15NO3S. The van der Waals surface area contributed by atoms with Crippen molar-refractivity contribution in [3.05, 3.63) is 29.8 Å². The molecule has 0 aliphatic carbocycles. The van der Waals surface area contributed by atoms with E-state index < -0.39 is 9.84 Å². The summed E-state index contributed by atoms with van der Waals surface area (Å²) < 4.78 is 22.4. The lowest BCUT2D eigenvalue weighted by Crippen LogP contribution is -2.19. The highest BCUT2D eigenvalue weighted by molar-refractivity contribution is 7.90. The van der Waals surface area contributed by atoms with Crippen LogP contribution < -0.4 is 5.73 Å². The van der Waals surface area contributed by atoms with Gasteiger partial charge in [-0.1, -0.05) is 12.1 Å². The van der Waals surface area contributed by atoms with Gasteiger partial charge in [-0.15, -0.1) is 0 Å². The summed E-state index contributed by atoms with van der Waals surface area (Å²) in [5, 5.41) is 0. The molecule has 0 aromatic heterocycles. The SMILES string of the molecule is CC(N)CC(=O)c1ccc(S(C)(=O)=O)cc1. The van der Waals surface area contributed by atoms with Crippen molar-refractivity contribution in [3.63, 3.8) is 0 Å². The van der Waals surface area contributed by atoms with Crippen molar-refractivity contribution in [2.75, 3.05) is 6.26 Å². The number of carbonyl (C=O) groups excluding carboxylic acids is 1. The molecule has 16 heavy (non-hydrogen) atoms. The van der Waals surface area contributed by atoms with Crippen LogP contribution in [-0.4, -0.2) is 26.5 Å². The van der Waals surface area contributed by atoms with E-state index in [2.05, 4.69) is 0 Å². The molecule has 1 aromatic carbocycles. The average Bonchev–Trinajstić information content (AvgIpc) is 2.15. The zero-order chi connectivity index (χ0) is 12.3. The third-order valence-corrected chi connectivity index (χ3v) is 3.24.